The van der Waals surface area contributed by atoms with E-state index in [4.69, 9.17) is 21.3 Å². The highest BCUT2D eigenvalue weighted by molar-refractivity contribution is 7.92. The quantitative estimate of drug-likeness (QED) is 0.366. The first-order chi connectivity index (χ1) is 16.1. The SMILES string of the molecule is CCN(CC)CCN(C(=O)c1cccc(S(=O)(=O)C(C)C)c1)c1nc2c(OC)ccc(Cl)c2s1. The summed E-state index contributed by atoms with van der Waals surface area (Å²) in [5.41, 5.74) is 0.880. The van der Waals surface area contributed by atoms with Crippen LogP contribution >= 0.6 is 22.9 Å². The number of amides is 1. The Labute approximate surface area is 210 Å². The Morgan fingerprint density at radius 3 is 2.47 bits per heavy atom. The van der Waals surface area contributed by atoms with Gasteiger partial charge in [0.05, 0.1) is 27.0 Å². The second-order valence-electron chi connectivity index (χ2n) is 8.03. The van der Waals surface area contributed by atoms with Crippen LogP contribution < -0.4 is 9.64 Å². The number of carbonyl (C=O) groups is 1. The van der Waals surface area contributed by atoms with E-state index in [9.17, 15) is 13.2 Å². The number of ether oxygens (including phenoxy) is 1. The summed E-state index contributed by atoms with van der Waals surface area (Å²) in [5.74, 6) is 0.255. The molecule has 0 fully saturated rings. The number of halogens is 1. The summed E-state index contributed by atoms with van der Waals surface area (Å²) in [6.07, 6.45) is 0. The minimum atomic E-state index is -3.52. The van der Waals surface area contributed by atoms with Gasteiger partial charge in [-0.25, -0.2) is 13.4 Å². The molecule has 184 valence electrons. The molecule has 7 nitrogen and oxygen atoms in total. The average molecular weight is 524 g/mol. The third-order valence-electron chi connectivity index (χ3n) is 5.71. The largest absolute Gasteiger partial charge is 0.494 e. The maximum Gasteiger partial charge on any atom is 0.260 e. The molecular weight excluding hydrogens is 494 g/mol. The lowest BCUT2D eigenvalue weighted by Gasteiger charge is -2.25. The first-order valence-electron chi connectivity index (χ1n) is 11.1. The zero-order valence-electron chi connectivity index (χ0n) is 20.0. The number of rotatable bonds is 10. The molecule has 1 amide bonds. The van der Waals surface area contributed by atoms with Crippen LogP contribution in [-0.2, 0) is 9.84 Å². The van der Waals surface area contributed by atoms with Gasteiger partial charge in [-0.3, -0.25) is 9.69 Å². The normalized spacial score (nSPS) is 12.0. The van der Waals surface area contributed by atoms with Crippen LogP contribution in [0.5, 0.6) is 5.75 Å². The molecule has 0 unspecified atom stereocenters. The summed E-state index contributed by atoms with van der Waals surface area (Å²) < 4.78 is 31.6. The predicted molar refractivity (Wildman–Crippen MR) is 139 cm³/mol. The molecule has 34 heavy (non-hydrogen) atoms. The van der Waals surface area contributed by atoms with Gasteiger partial charge < -0.3 is 9.64 Å². The summed E-state index contributed by atoms with van der Waals surface area (Å²) in [7, 11) is -1.96. The molecule has 0 atom stereocenters. The van der Waals surface area contributed by atoms with Gasteiger partial charge in [-0.15, -0.1) is 0 Å². The second-order valence-corrected chi connectivity index (χ2v) is 11.9. The number of methoxy groups -OCH3 is 1. The predicted octanol–water partition coefficient (Wildman–Crippen LogP) is 5.13. The monoisotopic (exact) mass is 523 g/mol. The Hall–Kier alpha value is -2.20. The molecule has 0 bridgehead atoms. The lowest BCUT2D eigenvalue weighted by atomic mass is 10.2. The molecule has 0 radical (unpaired) electrons. The number of aromatic nitrogens is 1. The summed E-state index contributed by atoms with van der Waals surface area (Å²) in [4.78, 5) is 22.3. The number of benzene rings is 2. The van der Waals surface area contributed by atoms with Crippen LogP contribution in [-0.4, -0.2) is 62.7 Å². The molecule has 3 aromatic rings. The van der Waals surface area contributed by atoms with Crippen molar-refractivity contribution in [1.29, 1.82) is 0 Å². The summed E-state index contributed by atoms with van der Waals surface area (Å²) in [6.45, 7) is 10.1. The molecule has 0 aliphatic rings. The van der Waals surface area contributed by atoms with Crippen LogP contribution in [0.25, 0.3) is 10.2 Å². The number of hydrogen-bond acceptors (Lipinski definition) is 7. The first-order valence-corrected chi connectivity index (χ1v) is 13.9. The van der Waals surface area contributed by atoms with Crippen molar-refractivity contribution in [3.63, 3.8) is 0 Å². The summed E-state index contributed by atoms with van der Waals surface area (Å²) in [6, 6.07) is 9.69. The lowest BCUT2D eigenvalue weighted by Crippen LogP contribution is -2.39. The van der Waals surface area contributed by atoms with E-state index in [1.54, 1.807) is 50.1 Å². The van der Waals surface area contributed by atoms with Crippen LogP contribution in [0.4, 0.5) is 5.13 Å². The number of carbonyl (C=O) groups excluding carboxylic acids is 1. The van der Waals surface area contributed by atoms with Crippen molar-refractivity contribution in [3.05, 3.63) is 47.0 Å². The molecule has 1 heterocycles. The Morgan fingerprint density at radius 2 is 1.85 bits per heavy atom. The Balaban J connectivity index is 2.08. The van der Waals surface area contributed by atoms with Crippen LogP contribution in [0, 0.1) is 0 Å². The van der Waals surface area contributed by atoms with Crippen molar-refractivity contribution in [3.8, 4) is 5.75 Å². The van der Waals surface area contributed by atoms with E-state index in [2.05, 4.69) is 18.7 Å². The van der Waals surface area contributed by atoms with Crippen LogP contribution in [0.2, 0.25) is 5.02 Å². The van der Waals surface area contributed by atoms with Crippen LogP contribution in [0.3, 0.4) is 0 Å². The molecule has 3 rings (SSSR count). The summed E-state index contributed by atoms with van der Waals surface area (Å²) >= 11 is 7.72. The van der Waals surface area contributed by atoms with E-state index in [-0.39, 0.29) is 10.8 Å². The van der Waals surface area contributed by atoms with Gasteiger partial charge in [-0.2, -0.15) is 0 Å². The fourth-order valence-electron chi connectivity index (χ4n) is 3.52. The van der Waals surface area contributed by atoms with E-state index < -0.39 is 15.1 Å². The third-order valence-corrected chi connectivity index (χ3v) is 9.40. The Kier molecular flexibility index (Phi) is 8.57. The van der Waals surface area contributed by atoms with Gasteiger partial charge in [0.15, 0.2) is 15.0 Å². The van der Waals surface area contributed by atoms with Crippen molar-refractivity contribution in [2.75, 3.05) is 38.2 Å². The smallest absolute Gasteiger partial charge is 0.260 e. The average Bonchev–Trinajstić information content (AvgIpc) is 3.28. The summed E-state index contributed by atoms with van der Waals surface area (Å²) in [5, 5.41) is 0.423. The molecule has 10 heteroatoms. The molecule has 0 aliphatic heterocycles. The Morgan fingerprint density at radius 1 is 1.15 bits per heavy atom. The number of anilines is 1. The van der Waals surface area contributed by atoms with Crippen molar-refractivity contribution in [2.24, 2.45) is 0 Å². The van der Waals surface area contributed by atoms with E-state index in [0.29, 0.717) is 40.1 Å². The topological polar surface area (TPSA) is 79.8 Å². The highest BCUT2D eigenvalue weighted by Gasteiger charge is 2.26. The van der Waals surface area contributed by atoms with Gasteiger partial charge in [-0.1, -0.05) is 42.9 Å². The minimum Gasteiger partial charge on any atom is -0.494 e. The molecule has 0 saturated heterocycles. The maximum absolute atomic E-state index is 13.7. The lowest BCUT2D eigenvalue weighted by molar-refractivity contribution is 0.0983. The van der Waals surface area contributed by atoms with E-state index in [1.807, 2.05) is 0 Å². The van der Waals surface area contributed by atoms with Gasteiger partial charge >= 0.3 is 0 Å². The zero-order chi connectivity index (χ0) is 25.0. The molecule has 1 aromatic heterocycles. The molecule has 0 saturated carbocycles. The number of hydrogen-bond donors (Lipinski definition) is 0. The zero-order valence-corrected chi connectivity index (χ0v) is 22.4. The van der Waals surface area contributed by atoms with Gasteiger partial charge in [0.2, 0.25) is 0 Å². The van der Waals surface area contributed by atoms with Crippen LogP contribution in [0.15, 0.2) is 41.3 Å². The Bertz CT molecular complexity index is 1270. The molecule has 2 aromatic carbocycles. The van der Waals surface area contributed by atoms with E-state index in [0.717, 1.165) is 17.8 Å². The van der Waals surface area contributed by atoms with Crippen molar-refractivity contribution >= 4 is 54.0 Å². The third kappa shape index (κ3) is 5.38. The first kappa shape index (κ1) is 26.4. The van der Waals surface area contributed by atoms with Crippen molar-refractivity contribution < 1.29 is 17.9 Å². The highest BCUT2D eigenvalue weighted by Crippen LogP contribution is 2.39. The number of fused-ring (bicyclic) bond motifs is 1. The second kappa shape index (κ2) is 11.0. The van der Waals surface area contributed by atoms with Gasteiger partial charge in [0, 0.05) is 18.7 Å². The fraction of sp³-hybridized carbons (Fsp3) is 0.417. The molecule has 0 aliphatic carbocycles. The minimum absolute atomic E-state index is 0.131. The number of sulfone groups is 1. The van der Waals surface area contributed by atoms with Gasteiger partial charge in [0.1, 0.15) is 11.3 Å². The van der Waals surface area contributed by atoms with Crippen molar-refractivity contribution in [1.82, 2.24) is 9.88 Å². The number of likely N-dealkylation sites (N-methyl/N-ethyl adjacent to an activating group) is 1. The standard InChI is InChI=1S/C24H30ClN3O4S2/c1-6-27(7-2)13-14-28(24-26-21-20(32-5)12-11-19(25)22(21)33-24)23(29)17-9-8-10-18(15-17)34(30,31)16(3)4/h8-12,15-16H,6-7,13-14H2,1-5H3. The fourth-order valence-corrected chi connectivity index (χ4v) is 5.91. The molecule has 0 spiro atoms. The number of thiazole rings is 1. The molecular formula is C24H30ClN3O4S2. The highest BCUT2D eigenvalue weighted by atomic mass is 35.5. The maximum atomic E-state index is 13.7. The van der Waals surface area contributed by atoms with E-state index in [1.165, 1.54) is 23.5 Å². The molecule has 0 N–H and O–H groups in total. The number of nitrogens with zero attached hydrogens (tertiary/aromatic N) is 3. The van der Waals surface area contributed by atoms with Gasteiger partial charge in [0.25, 0.3) is 5.91 Å². The van der Waals surface area contributed by atoms with E-state index >= 15 is 0 Å². The van der Waals surface area contributed by atoms with Crippen LogP contribution in [0.1, 0.15) is 38.1 Å². The van der Waals surface area contributed by atoms with Gasteiger partial charge in [-0.05, 0) is 57.3 Å². The van der Waals surface area contributed by atoms with Crippen molar-refractivity contribution in [2.45, 2.75) is 37.8 Å².